The summed E-state index contributed by atoms with van der Waals surface area (Å²) in [5, 5.41) is 8.96. The molecule has 1 atom stereocenters. The van der Waals surface area contributed by atoms with Crippen LogP contribution in [-0.4, -0.2) is 16.2 Å². The van der Waals surface area contributed by atoms with Crippen LogP contribution in [0, 0.1) is 0 Å². The van der Waals surface area contributed by atoms with Crippen molar-refractivity contribution >= 4 is 22.0 Å². The van der Waals surface area contributed by atoms with Crippen LogP contribution in [0.15, 0.2) is 29.0 Å². The normalized spacial score (nSPS) is 13.6. The van der Waals surface area contributed by atoms with E-state index in [2.05, 4.69) is 20.9 Å². The van der Waals surface area contributed by atoms with Crippen molar-refractivity contribution in [2.75, 3.05) is 0 Å². The van der Waals surface area contributed by atoms with Crippen molar-refractivity contribution in [1.29, 1.82) is 0 Å². The van der Waals surface area contributed by atoms with Gasteiger partial charge in [0.2, 0.25) is 0 Å². The van der Waals surface area contributed by atoms with Crippen LogP contribution in [0.4, 0.5) is 0 Å². The number of aromatic nitrogens is 1. The van der Waals surface area contributed by atoms with Gasteiger partial charge in [-0.1, -0.05) is 12.2 Å². The number of aliphatic hydroxyl groups is 1. The molecule has 1 aromatic heterocycles. The molecule has 0 aliphatic carbocycles. The lowest BCUT2D eigenvalue weighted by Crippen LogP contribution is -1.91. The average molecular weight is 228 g/mol. The minimum absolute atomic E-state index is 0.413. The third kappa shape index (κ3) is 3.15. The van der Waals surface area contributed by atoms with E-state index >= 15 is 0 Å². The van der Waals surface area contributed by atoms with Crippen molar-refractivity contribution in [3.05, 3.63) is 34.6 Å². The summed E-state index contributed by atoms with van der Waals surface area (Å²) in [6, 6.07) is 1.94. The quantitative estimate of drug-likeness (QED) is 0.841. The molecule has 12 heavy (non-hydrogen) atoms. The van der Waals surface area contributed by atoms with Gasteiger partial charge in [0, 0.05) is 16.9 Å². The minimum Gasteiger partial charge on any atom is -0.389 e. The van der Waals surface area contributed by atoms with Crippen molar-refractivity contribution < 1.29 is 5.11 Å². The van der Waals surface area contributed by atoms with E-state index < -0.39 is 6.10 Å². The van der Waals surface area contributed by atoms with Gasteiger partial charge in [-0.3, -0.25) is 4.98 Å². The van der Waals surface area contributed by atoms with Crippen molar-refractivity contribution in [2.45, 2.75) is 13.0 Å². The molecular formula is C9H10BrNO. The van der Waals surface area contributed by atoms with Gasteiger partial charge < -0.3 is 5.11 Å². The average Bonchev–Trinajstić information content (AvgIpc) is 2.01. The summed E-state index contributed by atoms with van der Waals surface area (Å²) in [7, 11) is 0. The zero-order chi connectivity index (χ0) is 8.97. The lowest BCUT2D eigenvalue weighted by Gasteiger charge is -1.95. The van der Waals surface area contributed by atoms with E-state index in [0.29, 0.717) is 0 Å². The Kier molecular flexibility index (Phi) is 3.44. The van der Waals surface area contributed by atoms with E-state index in [0.717, 1.165) is 10.0 Å². The van der Waals surface area contributed by atoms with Gasteiger partial charge in [0.05, 0.1) is 6.10 Å². The number of rotatable bonds is 2. The molecule has 0 saturated heterocycles. The second kappa shape index (κ2) is 4.38. The molecular weight excluding hydrogens is 218 g/mol. The van der Waals surface area contributed by atoms with Gasteiger partial charge in [0.25, 0.3) is 0 Å². The maximum atomic E-state index is 8.96. The fraction of sp³-hybridized carbons (Fsp3) is 0.222. The first-order valence-corrected chi connectivity index (χ1v) is 4.44. The first-order valence-electron chi connectivity index (χ1n) is 3.65. The highest BCUT2D eigenvalue weighted by Crippen LogP contribution is 2.10. The lowest BCUT2D eigenvalue weighted by atomic mass is 10.2. The molecule has 0 amide bonds. The van der Waals surface area contributed by atoms with Crippen LogP contribution in [0.5, 0.6) is 0 Å². The van der Waals surface area contributed by atoms with Gasteiger partial charge >= 0.3 is 0 Å². The molecule has 1 unspecified atom stereocenters. The van der Waals surface area contributed by atoms with Crippen LogP contribution in [0.3, 0.4) is 0 Å². The summed E-state index contributed by atoms with van der Waals surface area (Å²) >= 11 is 3.31. The zero-order valence-corrected chi connectivity index (χ0v) is 8.32. The molecule has 2 nitrogen and oxygen atoms in total. The van der Waals surface area contributed by atoms with Crippen molar-refractivity contribution in [3.8, 4) is 0 Å². The Morgan fingerprint density at radius 3 is 2.92 bits per heavy atom. The lowest BCUT2D eigenvalue weighted by molar-refractivity contribution is 0.245. The number of hydrogen-bond donors (Lipinski definition) is 1. The molecule has 3 heteroatoms. The number of pyridine rings is 1. The molecule has 0 aliphatic heterocycles. The molecule has 0 aliphatic rings. The van der Waals surface area contributed by atoms with Gasteiger partial charge in [-0.05, 0) is 34.5 Å². The van der Waals surface area contributed by atoms with E-state index in [9.17, 15) is 0 Å². The van der Waals surface area contributed by atoms with Crippen LogP contribution in [0.2, 0.25) is 0 Å². The fourth-order valence-corrected chi connectivity index (χ4v) is 1.15. The van der Waals surface area contributed by atoms with Gasteiger partial charge in [-0.25, -0.2) is 0 Å². The smallest absolute Gasteiger partial charge is 0.0696 e. The molecule has 0 spiro atoms. The Labute approximate surface area is 80.1 Å². The molecule has 1 aromatic rings. The molecule has 0 aromatic carbocycles. The predicted octanol–water partition coefficient (Wildman–Crippen LogP) is 2.24. The Morgan fingerprint density at radius 2 is 2.33 bits per heavy atom. The summed E-state index contributed by atoms with van der Waals surface area (Å²) in [5.74, 6) is 0. The number of halogens is 1. The van der Waals surface area contributed by atoms with Crippen molar-refractivity contribution in [2.24, 2.45) is 0 Å². The number of nitrogens with zero attached hydrogens (tertiary/aromatic N) is 1. The van der Waals surface area contributed by atoms with Gasteiger partial charge in [-0.15, -0.1) is 0 Å². The highest BCUT2D eigenvalue weighted by atomic mass is 79.9. The second-order valence-corrected chi connectivity index (χ2v) is 3.45. The van der Waals surface area contributed by atoms with E-state index in [-0.39, 0.29) is 0 Å². The standard InChI is InChI=1S/C9H10BrNO/c1-7(12)2-3-8-4-9(10)6-11-5-8/h2-7,12H,1H3/b3-2+. The first kappa shape index (κ1) is 9.42. The van der Waals surface area contributed by atoms with E-state index in [1.807, 2.05) is 12.1 Å². The summed E-state index contributed by atoms with van der Waals surface area (Å²) in [4.78, 5) is 3.98. The van der Waals surface area contributed by atoms with Crippen LogP contribution in [0.1, 0.15) is 12.5 Å². The Balaban J connectivity index is 2.76. The van der Waals surface area contributed by atoms with Crippen LogP contribution in [0.25, 0.3) is 6.08 Å². The van der Waals surface area contributed by atoms with Gasteiger partial charge in [-0.2, -0.15) is 0 Å². The van der Waals surface area contributed by atoms with E-state index in [1.54, 1.807) is 25.4 Å². The molecule has 1 heterocycles. The maximum Gasteiger partial charge on any atom is 0.0696 e. The van der Waals surface area contributed by atoms with Crippen molar-refractivity contribution in [1.82, 2.24) is 4.98 Å². The summed E-state index contributed by atoms with van der Waals surface area (Å²) in [5.41, 5.74) is 0.977. The molecule has 64 valence electrons. The molecule has 0 radical (unpaired) electrons. The Bertz CT molecular complexity index is 284. The predicted molar refractivity (Wildman–Crippen MR) is 52.7 cm³/mol. The van der Waals surface area contributed by atoms with Crippen LogP contribution < -0.4 is 0 Å². The number of aliphatic hydroxyl groups excluding tert-OH is 1. The largest absolute Gasteiger partial charge is 0.389 e. The molecule has 1 N–H and O–H groups in total. The minimum atomic E-state index is -0.413. The fourth-order valence-electron chi connectivity index (χ4n) is 0.770. The Hall–Kier alpha value is -0.670. The third-order valence-corrected chi connectivity index (χ3v) is 1.73. The first-order chi connectivity index (χ1) is 5.68. The van der Waals surface area contributed by atoms with E-state index in [1.165, 1.54) is 0 Å². The molecule has 1 rings (SSSR count). The van der Waals surface area contributed by atoms with Gasteiger partial charge in [0.1, 0.15) is 0 Å². The molecule has 0 saturated carbocycles. The second-order valence-electron chi connectivity index (χ2n) is 2.54. The molecule has 0 bridgehead atoms. The summed E-state index contributed by atoms with van der Waals surface area (Å²) < 4.78 is 0.940. The number of hydrogen-bond acceptors (Lipinski definition) is 2. The van der Waals surface area contributed by atoms with Gasteiger partial charge in [0.15, 0.2) is 0 Å². The van der Waals surface area contributed by atoms with Crippen molar-refractivity contribution in [3.63, 3.8) is 0 Å². The van der Waals surface area contributed by atoms with Crippen LogP contribution in [-0.2, 0) is 0 Å². The topological polar surface area (TPSA) is 33.1 Å². The molecule has 0 fully saturated rings. The Morgan fingerprint density at radius 1 is 1.58 bits per heavy atom. The van der Waals surface area contributed by atoms with Crippen LogP contribution >= 0.6 is 15.9 Å². The third-order valence-electron chi connectivity index (χ3n) is 1.29. The SMILES string of the molecule is CC(O)/C=C/c1cncc(Br)c1. The summed E-state index contributed by atoms with van der Waals surface area (Å²) in [6.07, 6.45) is 6.60. The monoisotopic (exact) mass is 227 g/mol. The highest BCUT2D eigenvalue weighted by molar-refractivity contribution is 9.10. The highest BCUT2D eigenvalue weighted by Gasteiger charge is 1.90. The maximum absolute atomic E-state index is 8.96. The zero-order valence-electron chi connectivity index (χ0n) is 6.74. The summed E-state index contributed by atoms with van der Waals surface area (Å²) in [6.45, 7) is 1.71. The van der Waals surface area contributed by atoms with E-state index in [4.69, 9.17) is 5.11 Å².